The van der Waals surface area contributed by atoms with Crippen LogP contribution < -0.4 is 10.6 Å². The normalized spacial score (nSPS) is 15.8. The average Bonchev–Trinajstić information content (AvgIpc) is 2.69. The maximum Gasteiger partial charge on any atom is 0.405 e. The molecule has 18 heavy (non-hydrogen) atoms. The molecule has 1 atom stereocenters. The molecule has 0 fully saturated rings. The van der Waals surface area contributed by atoms with E-state index in [0.717, 1.165) is 12.8 Å². The number of benzene rings is 1. The van der Waals surface area contributed by atoms with E-state index in [2.05, 4.69) is 22.8 Å². The standard InChI is InChI=1S/C13H16N2O3/c1-8(14-13(17)18)12(16)15-11-6-9-4-2-3-5-10(9)7-11/h2-5,8,11,14H,6-7H2,1H3,(H,15,16)(H,17,18). The smallest absolute Gasteiger partial charge is 0.405 e. The fourth-order valence-corrected chi connectivity index (χ4v) is 2.24. The summed E-state index contributed by atoms with van der Waals surface area (Å²) in [6, 6.07) is 7.41. The molecule has 5 nitrogen and oxygen atoms in total. The van der Waals surface area contributed by atoms with Gasteiger partial charge in [0.05, 0.1) is 0 Å². The third kappa shape index (κ3) is 2.80. The largest absolute Gasteiger partial charge is 0.465 e. The average molecular weight is 248 g/mol. The number of carbonyl (C=O) groups excluding carboxylic acids is 1. The predicted molar refractivity (Wildman–Crippen MR) is 66.4 cm³/mol. The Kier molecular flexibility index (Phi) is 3.50. The molecule has 1 unspecified atom stereocenters. The highest BCUT2D eigenvalue weighted by Gasteiger charge is 2.24. The Hall–Kier alpha value is -2.04. The molecule has 1 aromatic rings. The number of nitrogens with one attached hydrogen (secondary N) is 2. The minimum Gasteiger partial charge on any atom is -0.465 e. The van der Waals surface area contributed by atoms with E-state index < -0.39 is 12.1 Å². The second kappa shape index (κ2) is 5.08. The van der Waals surface area contributed by atoms with E-state index >= 15 is 0 Å². The van der Waals surface area contributed by atoms with Crippen LogP contribution >= 0.6 is 0 Å². The summed E-state index contributed by atoms with van der Waals surface area (Å²) in [7, 11) is 0. The number of amides is 2. The third-order valence-corrected chi connectivity index (χ3v) is 3.13. The first-order chi connectivity index (χ1) is 8.56. The van der Waals surface area contributed by atoms with Crippen LogP contribution in [0.15, 0.2) is 24.3 Å². The topological polar surface area (TPSA) is 78.4 Å². The van der Waals surface area contributed by atoms with Gasteiger partial charge in [0.1, 0.15) is 6.04 Å². The summed E-state index contributed by atoms with van der Waals surface area (Å²) in [5.74, 6) is -0.282. The lowest BCUT2D eigenvalue weighted by Gasteiger charge is -2.16. The number of rotatable bonds is 3. The molecule has 2 amide bonds. The van der Waals surface area contributed by atoms with Crippen molar-refractivity contribution in [3.8, 4) is 0 Å². The molecular weight excluding hydrogens is 232 g/mol. The van der Waals surface area contributed by atoms with Gasteiger partial charge in [-0.15, -0.1) is 0 Å². The molecule has 0 saturated carbocycles. The molecule has 2 rings (SSSR count). The number of hydrogen-bond donors (Lipinski definition) is 3. The summed E-state index contributed by atoms with van der Waals surface area (Å²) in [6.07, 6.45) is 0.427. The number of carboxylic acid groups (broad SMARTS) is 1. The van der Waals surface area contributed by atoms with Crippen LogP contribution in [0.1, 0.15) is 18.1 Å². The Morgan fingerprint density at radius 2 is 1.83 bits per heavy atom. The molecule has 0 saturated heterocycles. The molecule has 0 aromatic heterocycles. The monoisotopic (exact) mass is 248 g/mol. The molecule has 3 N–H and O–H groups in total. The van der Waals surface area contributed by atoms with E-state index in [4.69, 9.17) is 5.11 Å². The van der Waals surface area contributed by atoms with E-state index in [0.29, 0.717) is 0 Å². The highest BCUT2D eigenvalue weighted by molar-refractivity contribution is 5.85. The Labute approximate surface area is 105 Å². The van der Waals surface area contributed by atoms with Crippen molar-refractivity contribution in [2.45, 2.75) is 31.8 Å². The summed E-state index contributed by atoms with van der Waals surface area (Å²) < 4.78 is 0. The first kappa shape index (κ1) is 12.4. The first-order valence-electron chi connectivity index (χ1n) is 5.93. The molecule has 0 aliphatic heterocycles. The van der Waals surface area contributed by atoms with Gasteiger partial charge < -0.3 is 15.7 Å². The van der Waals surface area contributed by atoms with Gasteiger partial charge in [0.25, 0.3) is 0 Å². The number of fused-ring (bicyclic) bond motifs is 1. The maximum absolute atomic E-state index is 11.7. The highest BCUT2D eigenvalue weighted by atomic mass is 16.4. The Morgan fingerprint density at radius 1 is 1.28 bits per heavy atom. The van der Waals surface area contributed by atoms with Gasteiger partial charge >= 0.3 is 6.09 Å². The quantitative estimate of drug-likeness (QED) is 0.744. The summed E-state index contributed by atoms with van der Waals surface area (Å²) in [6.45, 7) is 1.53. The lowest BCUT2D eigenvalue weighted by molar-refractivity contribution is -0.123. The van der Waals surface area contributed by atoms with Crippen LogP contribution in [0, 0.1) is 0 Å². The SMILES string of the molecule is CC(NC(=O)O)C(=O)NC1Cc2ccccc2C1. The van der Waals surface area contributed by atoms with Gasteiger partial charge in [-0.25, -0.2) is 4.79 Å². The van der Waals surface area contributed by atoms with Gasteiger partial charge in [-0.05, 0) is 30.9 Å². The van der Waals surface area contributed by atoms with E-state index in [1.807, 2.05) is 12.1 Å². The van der Waals surface area contributed by atoms with Gasteiger partial charge in [-0.3, -0.25) is 4.79 Å². The molecular formula is C13H16N2O3. The van der Waals surface area contributed by atoms with Crippen LogP contribution in [0.4, 0.5) is 4.79 Å². The molecule has 0 radical (unpaired) electrons. The maximum atomic E-state index is 11.7. The van der Waals surface area contributed by atoms with Crippen molar-refractivity contribution in [3.63, 3.8) is 0 Å². The summed E-state index contributed by atoms with van der Waals surface area (Å²) in [4.78, 5) is 22.2. The van der Waals surface area contributed by atoms with Crippen molar-refractivity contribution in [1.29, 1.82) is 0 Å². The van der Waals surface area contributed by atoms with Gasteiger partial charge in [0, 0.05) is 6.04 Å². The molecule has 5 heteroatoms. The summed E-state index contributed by atoms with van der Waals surface area (Å²) >= 11 is 0. The molecule has 96 valence electrons. The summed E-state index contributed by atoms with van der Waals surface area (Å²) in [5, 5.41) is 13.6. The van der Waals surface area contributed by atoms with E-state index in [9.17, 15) is 9.59 Å². The zero-order chi connectivity index (χ0) is 13.1. The molecule has 0 bridgehead atoms. The molecule has 1 aliphatic rings. The molecule has 0 heterocycles. The van der Waals surface area contributed by atoms with Crippen LogP contribution in [-0.4, -0.2) is 29.2 Å². The van der Waals surface area contributed by atoms with Crippen LogP contribution in [0.25, 0.3) is 0 Å². The van der Waals surface area contributed by atoms with Gasteiger partial charge in [0.15, 0.2) is 0 Å². The third-order valence-electron chi connectivity index (χ3n) is 3.13. The van der Waals surface area contributed by atoms with Crippen LogP contribution in [-0.2, 0) is 17.6 Å². The molecule has 1 aliphatic carbocycles. The fourth-order valence-electron chi connectivity index (χ4n) is 2.24. The second-order valence-electron chi connectivity index (χ2n) is 4.55. The summed E-state index contributed by atoms with van der Waals surface area (Å²) in [5.41, 5.74) is 2.50. The first-order valence-corrected chi connectivity index (χ1v) is 5.93. The van der Waals surface area contributed by atoms with Gasteiger partial charge in [0.2, 0.25) is 5.91 Å². The predicted octanol–water partition coefficient (Wildman–Crippen LogP) is 0.926. The zero-order valence-corrected chi connectivity index (χ0v) is 10.1. The van der Waals surface area contributed by atoms with Crippen LogP contribution in [0.2, 0.25) is 0 Å². The lowest BCUT2D eigenvalue weighted by atomic mass is 10.1. The molecule has 1 aromatic carbocycles. The van der Waals surface area contributed by atoms with E-state index in [1.165, 1.54) is 18.1 Å². The van der Waals surface area contributed by atoms with Crippen LogP contribution in [0.5, 0.6) is 0 Å². The number of carbonyl (C=O) groups is 2. The van der Waals surface area contributed by atoms with Crippen molar-refractivity contribution in [3.05, 3.63) is 35.4 Å². The Morgan fingerprint density at radius 3 is 2.33 bits per heavy atom. The van der Waals surface area contributed by atoms with Crippen molar-refractivity contribution < 1.29 is 14.7 Å². The minimum atomic E-state index is -1.19. The van der Waals surface area contributed by atoms with Crippen molar-refractivity contribution in [2.24, 2.45) is 0 Å². The van der Waals surface area contributed by atoms with Gasteiger partial charge in [-0.2, -0.15) is 0 Å². The molecule has 0 spiro atoms. The second-order valence-corrected chi connectivity index (χ2v) is 4.55. The van der Waals surface area contributed by atoms with Crippen LogP contribution in [0.3, 0.4) is 0 Å². The van der Waals surface area contributed by atoms with E-state index in [1.54, 1.807) is 0 Å². The number of hydrogen-bond acceptors (Lipinski definition) is 2. The fraction of sp³-hybridized carbons (Fsp3) is 0.385. The van der Waals surface area contributed by atoms with Crippen molar-refractivity contribution in [2.75, 3.05) is 0 Å². The van der Waals surface area contributed by atoms with E-state index in [-0.39, 0.29) is 11.9 Å². The lowest BCUT2D eigenvalue weighted by Crippen LogP contribution is -2.48. The Balaban J connectivity index is 1.89. The highest BCUT2D eigenvalue weighted by Crippen LogP contribution is 2.21. The van der Waals surface area contributed by atoms with Crippen molar-refractivity contribution in [1.82, 2.24) is 10.6 Å². The minimum absolute atomic E-state index is 0.0629. The Bertz CT molecular complexity index is 448. The van der Waals surface area contributed by atoms with Crippen molar-refractivity contribution >= 4 is 12.0 Å². The zero-order valence-electron chi connectivity index (χ0n) is 10.1. The van der Waals surface area contributed by atoms with Gasteiger partial charge in [-0.1, -0.05) is 24.3 Å².